The molecule has 1 aromatic carbocycles. The first-order valence-electron chi connectivity index (χ1n) is 6.04. The molecular weight excluding hydrogens is 351 g/mol. The Morgan fingerprint density at radius 1 is 1.19 bits per heavy atom. The summed E-state index contributed by atoms with van der Waals surface area (Å²) in [6.45, 7) is 0.534. The van der Waals surface area contributed by atoms with Crippen LogP contribution in [0.15, 0.2) is 41.4 Å². The molecule has 0 atom stereocenters. The van der Waals surface area contributed by atoms with Gasteiger partial charge in [-0.25, -0.2) is 4.98 Å². The molecule has 0 aliphatic carbocycles. The second-order valence-electron chi connectivity index (χ2n) is 4.05. The molecule has 110 valence electrons. The third-order valence-corrected chi connectivity index (χ3v) is 4.48. The van der Waals surface area contributed by atoms with Crippen molar-refractivity contribution in [2.24, 2.45) is 0 Å². The smallest absolute Gasteiger partial charge is 0.252 e. The highest BCUT2D eigenvalue weighted by atomic mass is 35.5. The van der Waals surface area contributed by atoms with Crippen LogP contribution in [0.25, 0.3) is 0 Å². The van der Waals surface area contributed by atoms with Crippen LogP contribution in [-0.2, 0) is 0 Å². The lowest BCUT2D eigenvalue weighted by atomic mass is 10.3. The Labute approximate surface area is 142 Å². The summed E-state index contributed by atoms with van der Waals surface area (Å²) in [5.74, 6) is 0.528. The van der Waals surface area contributed by atoms with Gasteiger partial charge in [-0.3, -0.25) is 4.79 Å². The minimum Gasteiger partial charge on any atom is -0.351 e. The molecule has 1 heterocycles. The first kappa shape index (κ1) is 16.4. The predicted molar refractivity (Wildman–Crippen MR) is 88.8 cm³/mol. The maximum atomic E-state index is 11.9. The van der Waals surface area contributed by atoms with Gasteiger partial charge < -0.3 is 5.32 Å². The van der Waals surface area contributed by atoms with Crippen LogP contribution in [0.3, 0.4) is 0 Å². The van der Waals surface area contributed by atoms with Gasteiger partial charge in [0.25, 0.3) is 5.91 Å². The van der Waals surface area contributed by atoms with Crippen LogP contribution in [0.1, 0.15) is 10.4 Å². The number of amides is 1. The van der Waals surface area contributed by atoms with Crippen molar-refractivity contribution in [1.29, 1.82) is 0 Å². The maximum absolute atomic E-state index is 11.9. The van der Waals surface area contributed by atoms with E-state index in [4.69, 9.17) is 34.8 Å². The van der Waals surface area contributed by atoms with Crippen LogP contribution in [0, 0.1) is 0 Å². The summed E-state index contributed by atoms with van der Waals surface area (Å²) in [5, 5.41) is 3.96. The molecule has 0 saturated heterocycles. The minimum atomic E-state index is -0.224. The van der Waals surface area contributed by atoms with E-state index in [0.717, 1.165) is 10.6 Å². The number of aromatic nitrogens is 1. The Hall–Kier alpha value is -0.940. The first-order valence-corrected chi connectivity index (χ1v) is 8.16. The molecule has 2 aromatic rings. The number of nitrogens with one attached hydrogen (secondary N) is 1. The average Bonchev–Trinajstić information content (AvgIpc) is 2.48. The summed E-state index contributed by atoms with van der Waals surface area (Å²) in [6, 6.07) is 9.06. The van der Waals surface area contributed by atoms with Crippen LogP contribution in [-0.4, -0.2) is 23.2 Å². The lowest BCUT2D eigenvalue weighted by molar-refractivity contribution is 0.0956. The Kier molecular flexibility index (Phi) is 6.18. The van der Waals surface area contributed by atoms with Gasteiger partial charge in [-0.15, -0.1) is 11.8 Å². The lowest BCUT2D eigenvalue weighted by Gasteiger charge is -2.06. The molecule has 0 aliphatic rings. The molecule has 0 radical (unpaired) electrons. The zero-order valence-electron chi connectivity index (χ0n) is 10.8. The highest BCUT2D eigenvalue weighted by Gasteiger charge is 2.08. The van der Waals surface area contributed by atoms with Gasteiger partial charge in [0, 0.05) is 28.4 Å². The summed E-state index contributed by atoms with van der Waals surface area (Å²) in [6.07, 6.45) is 1.40. The number of hydrogen-bond donors (Lipinski definition) is 1. The third kappa shape index (κ3) is 5.08. The average molecular weight is 362 g/mol. The van der Waals surface area contributed by atoms with Crippen molar-refractivity contribution in [2.75, 3.05) is 12.3 Å². The van der Waals surface area contributed by atoms with Crippen molar-refractivity contribution in [1.82, 2.24) is 10.3 Å². The zero-order valence-corrected chi connectivity index (χ0v) is 13.9. The van der Waals surface area contributed by atoms with E-state index in [-0.39, 0.29) is 16.1 Å². The monoisotopic (exact) mass is 360 g/mol. The number of benzene rings is 1. The largest absolute Gasteiger partial charge is 0.351 e. The molecule has 3 nitrogen and oxygen atoms in total. The van der Waals surface area contributed by atoms with Crippen LogP contribution in [0.4, 0.5) is 0 Å². The van der Waals surface area contributed by atoms with E-state index in [0.29, 0.717) is 17.1 Å². The first-order chi connectivity index (χ1) is 10.1. The van der Waals surface area contributed by atoms with Crippen molar-refractivity contribution in [3.63, 3.8) is 0 Å². The summed E-state index contributed by atoms with van der Waals surface area (Å²) >= 11 is 19.0. The molecular formula is C14H11Cl3N2OS. The second kappa shape index (κ2) is 7.90. The standard InChI is InChI=1S/C14H11Cl3N2OS/c15-10-1-3-11(4-2-10)21-6-5-18-14(20)9-7-12(16)13(17)19-8-9/h1-4,7-8H,5-6H2,(H,18,20). The van der Waals surface area contributed by atoms with E-state index in [1.54, 1.807) is 11.8 Å². The second-order valence-corrected chi connectivity index (χ2v) is 6.42. The van der Waals surface area contributed by atoms with Crippen molar-refractivity contribution >= 4 is 52.5 Å². The van der Waals surface area contributed by atoms with Gasteiger partial charge in [0.15, 0.2) is 0 Å². The molecule has 0 unspecified atom stereocenters. The van der Waals surface area contributed by atoms with E-state index in [1.807, 2.05) is 24.3 Å². The Morgan fingerprint density at radius 3 is 2.57 bits per heavy atom. The molecule has 0 bridgehead atoms. The molecule has 1 aromatic heterocycles. The molecule has 0 spiro atoms. The minimum absolute atomic E-state index is 0.187. The SMILES string of the molecule is O=C(NCCSc1ccc(Cl)cc1)c1cnc(Cl)c(Cl)c1. The summed E-state index contributed by atoms with van der Waals surface area (Å²) in [4.78, 5) is 16.8. The third-order valence-electron chi connectivity index (χ3n) is 2.53. The number of pyridine rings is 1. The highest BCUT2D eigenvalue weighted by Crippen LogP contribution is 2.20. The van der Waals surface area contributed by atoms with Crippen LogP contribution in [0.2, 0.25) is 15.2 Å². The maximum Gasteiger partial charge on any atom is 0.252 e. The fourth-order valence-electron chi connectivity index (χ4n) is 1.51. The van der Waals surface area contributed by atoms with Crippen LogP contribution < -0.4 is 5.32 Å². The normalized spacial score (nSPS) is 10.4. The van der Waals surface area contributed by atoms with Gasteiger partial charge in [0.05, 0.1) is 10.6 Å². The molecule has 1 amide bonds. The van der Waals surface area contributed by atoms with Gasteiger partial charge in [-0.2, -0.15) is 0 Å². The number of hydrogen-bond acceptors (Lipinski definition) is 3. The van der Waals surface area contributed by atoms with E-state index in [1.165, 1.54) is 12.3 Å². The van der Waals surface area contributed by atoms with Gasteiger partial charge in [0.2, 0.25) is 0 Å². The molecule has 0 fully saturated rings. The van der Waals surface area contributed by atoms with E-state index in [2.05, 4.69) is 10.3 Å². The Bertz CT molecular complexity index is 635. The summed E-state index contributed by atoms with van der Waals surface area (Å²) in [5.41, 5.74) is 0.390. The number of rotatable bonds is 5. The van der Waals surface area contributed by atoms with Gasteiger partial charge >= 0.3 is 0 Å². The fourth-order valence-corrected chi connectivity index (χ4v) is 2.68. The molecule has 0 aliphatic heterocycles. The van der Waals surface area contributed by atoms with Crippen molar-refractivity contribution in [3.05, 3.63) is 57.3 Å². The zero-order chi connectivity index (χ0) is 15.2. The number of carbonyl (C=O) groups excluding carboxylic acids is 1. The molecule has 0 saturated carbocycles. The Morgan fingerprint density at radius 2 is 1.90 bits per heavy atom. The summed E-state index contributed by atoms with van der Waals surface area (Å²) in [7, 11) is 0. The Balaban J connectivity index is 1.79. The molecule has 2 rings (SSSR count). The molecule has 21 heavy (non-hydrogen) atoms. The molecule has 7 heteroatoms. The number of halogens is 3. The number of carbonyl (C=O) groups is 1. The van der Waals surface area contributed by atoms with E-state index in [9.17, 15) is 4.79 Å². The summed E-state index contributed by atoms with van der Waals surface area (Å²) < 4.78 is 0. The highest BCUT2D eigenvalue weighted by molar-refractivity contribution is 7.99. The van der Waals surface area contributed by atoms with Crippen molar-refractivity contribution in [3.8, 4) is 0 Å². The van der Waals surface area contributed by atoms with E-state index < -0.39 is 0 Å². The van der Waals surface area contributed by atoms with Gasteiger partial charge in [-0.05, 0) is 30.3 Å². The van der Waals surface area contributed by atoms with Crippen molar-refractivity contribution in [2.45, 2.75) is 4.90 Å². The number of nitrogens with zero attached hydrogens (tertiary/aromatic N) is 1. The van der Waals surface area contributed by atoms with Crippen molar-refractivity contribution < 1.29 is 4.79 Å². The number of thioether (sulfide) groups is 1. The topological polar surface area (TPSA) is 42.0 Å². The van der Waals surface area contributed by atoms with Gasteiger partial charge in [-0.1, -0.05) is 34.8 Å². The quantitative estimate of drug-likeness (QED) is 0.482. The van der Waals surface area contributed by atoms with Crippen LogP contribution in [0.5, 0.6) is 0 Å². The fraction of sp³-hybridized carbons (Fsp3) is 0.143. The van der Waals surface area contributed by atoms with Gasteiger partial charge in [0.1, 0.15) is 5.15 Å². The van der Waals surface area contributed by atoms with E-state index >= 15 is 0 Å². The molecule has 1 N–H and O–H groups in total. The predicted octanol–water partition coefficient (Wildman–Crippen LogP) is 4.56. The van der Waals surface area contributed by atoms with Crippen LogP contribution >= 0.6 is 46.6 Å². The lowest BCUT2D eigenvalue weighted by Crippen LogP contribution is -2.25.